The van der Waals surface area contributed by atoms with Crippen molar-refractivity contribution in [1.82, 2.24) is 0 Å². The van der Waals surface area contributed by atoms with Gasteiger partial charge in [0, 0.05) is 35.9 Å². The van der Waals surface area contributed by atoms with Crippen molar-refractivity contribution in [2.24, 2.45) is 0 Å². The molecule has 1 unspecified atom stereocenters. The Morgan fingerprint density at radius 2 is 0.888 bits per heavy atom. The molecule has 0 amide bonds. The van der Waals surface area contributed by atoms with Crippen LogP contribution in [0.3, 0.4) is 0 Å². The van der Waals surface area contributed by atoms with Gasteiger partial charge in [-0.25, -0.2) is 43.3 Å². The van der Waals surface area contributed by atoms with Gasteiger partial charge in [-0.2, -0.15) is 18.9 Å². The van der Waals surface area contributed by atoms with Gasteiger partial charge in [-0.05, 0) is 132 Å². The number of phenols is 1. The van der Waals surface area contributed by atoms with Crippen molar-refractivity contribution in [1.29, 1.82) is 10.5 Å². The molecular formula is C71H86AlCl4LiN3NaO29S6. The maximum atomic E-state index is 11.5. The molecule has 9 rings (SSSR count). The second kappa shape index (κ2) is 51.4. The van der Waals surface area contributed by atoms with Crippen LogP contribution in [0.5, 0.6) is 23.0 Å². The molecule has 5 heterocycles. The average Bonchev–Trinajstić information content (AvgIpc) is 1.66. The third-order valence-electron chi connectivity index (χ3n) is 14.0. The number of carbonyl (C=O) groups excluding carboxylic acids is 2. The number of furan rings is 5. The van der Waals surface area contributed by atoms with Crippen LogP contribution >= 0.6 is 46.4 Å². The Bertz CT molecular complexity index is 5380. The minimum atomic E-state index is -3.56. The van der Waals surface area contributed by atoms with Crippen molar-refractivity contribution in [2.45, 2.75) is 93.6 Å². The second-order valence-corrected chi connectivity index (χ2v) is 35.2. The first-order valence-electron chi connectivity index (χ1n) is 30.9. The molecule has 5 aromatic heterocycles. The molecule has 116 heavy (non-hydrogen) atoms. The zero-order valence-corrected chi connectivity index (χ0v) is 72.8. The Morgan fingerprint density at radius 1 is 0.552 bits per heavy atom. The average molecular weight is 1840 g/mol. The summed E-state index contributed by atoms with van der Waals surface area (Å²) in [4.78, 5) is 30.9. The van der Waals surface area contributed by atoms with Gasteiger partial charge < -0.3 is 62.0 Å². The van der Waals surface area contributed by atoms with E-state index in [0.717, 1.165) is 73.0 Å². The molecule has 45 heteroatoms. The van der Waals surface area contributed by atoms with Crippen molar-refractivity contribution < 1.29 is 175 Å². The van der Waals surface area contributed by atoms with E-state index in [1.54, 1.807) is 42.5 Å². The SMILES string of the molecule is C.C.CC(C)(c1ccc(O)cc1)c1cc(Cl)c(OCCCl)c(C#N)c1.CC(C)(c1ccc(OCc2ccc(S(C)(=O)=O)o2)cc1)c1cc(Cl)c(OCCCl)c(C#N)c1.COC(=O)c1ccc(S(C)(=O)=O)o1.COC(=O)c1ccc([N+](=O)[O-])o1.CS(=O)(=O)OCc1ccc(S(C)(=O)=O)o1.CS(=O)(=O)c1ccc(CO)o1.CS(=O)[O-].[AlH3].[H-].[Li+].[Na+]. The van der Waals surface area contributed by atoms with Crippen molar-refractivity contribution in [3.05, 3.63) is 216 Å². The molecular weight excluding hydrogens is 1750 g/mol. The number of halogens is 4. The molecule has 0 saturated heterocycles. The van der Waals surface area contributed by atoms with Gasteiger partial charge in [-0.1, -0.05) is 101 Å². The summed E-state index contributed by atoms with van der Waals surface area (Å²) in [5.41, 5.74) is 3.64. The Labute approximate surface area is 742 Å². The number of nitrogens with zero attached hydrogens (tertiary/aromatic N) is 3. The first-order valence-corrected chi connectivity index (χ1v) is 43.6. The fourth-order valence-electron chi connectivity index (χ4n) is 8.43. The standard InChI is InChI=1S/C24H23Cl2NO5S.C18H17Cl2NO2.C7H10O6S2.C7H8O5S.C6H5NO5.C6H8O4S.CH4O2S.2CH4.Al.Li.Na.4H/c1-24(2,18-12-16(14-27)23(21(26)13-18)30-11-10-25)17-4-6-19(7-5-17)31-15-20-8-9-22(32-20)33(3,28)29;1-18(2,13-3-5-15(22)6-4-13)14-9-12(11-21)17(16(20)10-14)23-8-7-19;1-14(8,9)7-4-3-6(13-7)5-12-15(2,10)11;1-11-7(8)5-3-4-6(12-5)13(2,9)10;1-11-6(8)4-2-3-5(12-4)7(9)10;1-11(8,9)6-3-2-5(4-7)10-6;1-4(2)3;;;;;;;;;/h4-9,12-13H,10-11,15H2,1-3H3;3-6,9-10,22H,7-8H2,1-2H3;3-4H,5H2,1-2H3;3-4H,1-2H3;2-3H,1H3;2-3,7H,4H2,1H3;1H3,(H,2,3);2*1H4;;;;;;;/q;;;;;;;;;;2*+1;;;;-1/p-1. The number of esters is 2. The van der Waals surface area contributed by atoms with Crippen molar-refractivity contribution in [3.63, 3.8) is 0 Å². The molecule has 0 radical (unpaired) electrons. The van der Waals surface area contributed by atoms with Gasteiger partial charge in [0.05, 0.1) is 59.5 Å². The summed E-state index contributed by atoms with van der Waals surface area (Å²) >= 11 is 22.2. The van der Waals surface area contributed by atoms with Gasteiger partial charge in [0.1, 0.15) is 78.9 Å². The van der Waals surface area contributed by atoms with Gasteiger partial charge in [0.25, 0.3) is 10.1 Å². The van der Waals surface area contributed by atoms with E-state index in [4.69, 9.17) is 92.2 Å². The topological polar surface area (TPSA) is 497 Å². The number of aromatic hydroxyl groups is 1. The van der Waals surface area contributed by atoms with E-state index in [1.165, 1.54) is 55.6 Å². The Morgan fingerprint density at radius 3 is 1.20 bits per heavy atom. The summed E-state index contributed by atoms with van der Waals surface area (Å²) in [6, 6.07) is 39.0. The van der Waals surface area contributed by atoms with Crippen molar-refractivity contribution in [2.75, 3.05) is 76.7 Å². The van der Waals surface area contributed by atoms with Crippen LogP contribution in [0.4, 0.5) is 5.88 Å². The van der Waals surface area contributed by atoms with Gasteiger partial charge in [0.2, 0.25) is 71.2 Å². The Balaban J connectivity index is -0.000000672. The molecule has 32 nitrogen and oxygen atoms in total. The molecule has 0 saturated carbocycles. The summed E-state index contributed by atoms with van der Waals surface area (Å²) in [5, 5.41) is 47.1. The number of carbonyl (C=O) groups is 2. The van der Waals surface area contributed by atoms with E-state index in [-0.39, 0.29) is 170 Å². The smallest absolute Gasteiger partial charge is 1.00 e. The summed E-state index contributed by atoms with van der Waals surface area (Å²) < 4.78 is 182. The molecule has 2 N–H and O–H groups in total. The Kier molecular flexibility index (Phi) is 50.0. The first-order chi connectivity index (χ1) is 51.5. The number of ether oxygens (including phenoxy) is 5. The van der Waals surface area contributed by atoms with Gasteiger partial charge in [-0.3, -0.25) is 18.5 Å². The summed E-state index contributed by atoms with van der Waals surface area (Å²) in [5.74, 6) is 0.725. The number of alkyl halides is 2. The van der Waals surface area contributed by atoms with Gasteiger partial charge >= 0.3 is 66.2 Å². The molecule has 0 aliphatic heterocycles. The number of hydrogen-bond acceptors (Lipinski definition) is 31. The van der Waals surface area contributed by atoms with Crippen LogP contribution in [0.1, 0.15) is 116 Å². The number of rotatable bonds is 24. The third kappa shape index (κ3) is 37.4. The minimum absolute atomic E-state index is 0. The summed E-state index contributed by atoms with van der Waals surface area (Å²) in [7, 11) is -14.7. The predicted molar refractivity (Wildman–Crippen MR) is 428 cm³/mol. The van der Waals surface area contributed by atoms with E-state index in [2.05, 4.69) is 30.2 Å². The fraction of sp³-hybridized carbons (Fsp3) is 0.324. The zero-order chi connectivity index (χ0) is 84.2. The minimum Gasteiger partial charge on any atom is -1.00 e. The van der Waals surface area contributed by atoms with Crippen LogP contribution in [0, 0.1) is 32.8 Å². The van der Waals surface area contributed by atoms with Crippen LogP contribution in [0.2, 0.25) is 10.0 Å². The maximum absolute atomic E-state index is 11.5. The van der Waals surface area contributed by atoms with Crippen molar-refractivity contribution >= 4 is 142 Å². The molecule has 0 bridgehead atoms. The number of methoxy groups -OCH3 is 2. The number of hydrogen-bond donors (Lipinski definition) is 2. The molecule has 0 aliphatic rings. The number of nitriles is 2. The summed E-state index contributed by atoms with van der Waals surface area (Å²) in [6.07, 6.45) is 6.10. The first kappa shape index (κ1) is 113. The third-order valence-corrected chi connectivity index (χ3v) is 19.3. The van der Waals surface area contributed by atoms with E-state index in [0.29, 0.717) is 55.9 Å². The molecule has 0 aliphatic carbocycles. The number of aliphatic hydroxyl groups is 1. The molecule has 4 aromatic carbocycles. The van der Waals surface area contributed by atoms with E-state index >= 15 is 0 Å². The number of nitro groups is 1. The maximum Gasteiger partial charge on any atom is 1.00 e. The Hall–Kier alpha value is -7.13. The van der Waals surface area contributed by atoms with Crippen LogP contribution in [0.25, 0.3) is 0 Å². The predicted octanol–water partition coefficient (Wildman–Crippen LogP) is 6.07. The number of aliphatic hydroxyl groups excluding tert-OH is 1. The van der Waals surface area contributed by atoms with Crippen LogP contribution < -0.4 is 62.6 Å². The van der Waals surface area contributed by atoms with Crippen molar-refractivity contribution in [3.8, 4) is 35.1 Å². The largest absolute Gasteiger partial charge is 1.00 e. The quantitative estimate of drug-likeness (QED) is 0.0132. The van der Waals surface area contributed by atoms with Gasteiger partial charge in [-0.15, -0.1) is 23.2 Å². The van der Waals surface area contributed by atoms with Crippen LogP contribution in [0.15, 0.2) is 176 Å². The molecule has 0 spiro atoms. The number of sulfone groups is 4. The second-order valence-electron chi connectivity index (χ2n) is 23.4. The van der Waals surface area contributed by atoms with E-state index in [1.807, 2.05) is 64.1 Å². The monoisotopic (exact) mass is 1830 g/mol. The molecule has 0 fully saturated rings. The fourth-order valence-corrected chi connectivity index (χ4v) is 11.7. The van der Waals surface area contributed by atoms with E-state index in [9.17, 15) is 77.4 Å². The van der Waals surface area contributed by atoms with Crippen LogP contribution in [-0.2, 0) is 105 Å². The zero-order valence-electron chi connectivity index (χ0n) is 63.9. The summed E-state index contributed by atoms with van der Waals surface area (Å²) in [6.45, 7) is 8.18. The number of benzene rings is 4. The number of phenolic OH excluding ortho intramolecular Hbond substituents is 1. The molecule has 9 aromatic rings. The van der Waals surface area contributed by atoms with Gasteiger partial charge in [0.15, 0.2) is 28.9 Å². The molecule has 628 valence electrons. The van der Waals surface area contributed by atoms with E-state index < -0.39 is 88.7 Å². The normalized spacial score (nSPS) is 11.1. The molecule has 1 atom stereocenters. The van der Waals surface area contributed by atoms with Crippen LogP contribution in [-0.4, -0.2) is 172 Å².